The number of oxime groups is 1. The number of amidine groups is 1. The smallest absolute Gasteiger partial charge is 0.172 e. The van der Waals surface area contributed by atoms with Gasteiger partial charge in [-0.2, -0.15) is 0 Å². The highest BCUT2D eigenvalue weighted by molar-refractivity contribution is 6.02. The number of nitrogens with zero attached hydrogens (tertiary/aromatic N) is 2. The van der Waals surface area contributed by atoms with E-state index in [1.165, 1.54) is 0 Å². The molecule has 5 heteroatoms. The summed E-state index contributed by atoms with van der Waals surface area (Å²) in [6, 6.07) is 6.19. The maximum absolute atomic E-state index is 9.00. The van der Waals surface area contributed by atoms with Crippen LogP contribution in [-0.2, 0) is 4.74 Å². The molecular formula is C15H23N3O2. The lowest BCUT2D eigenvalue weighted by Gasteiger charge is -2.41. The first-order valence-electron chi connectivity index (χ1n) is 7.04. The lowest BCUT2D eigenvalue weighted by Crippen LogP contribution is -2.49. The van der Waals surface area contributed by atoms with Crippen LogP contribution < -0.4 is 10.6 Å². The third-order valence-electron chi connectivity index (χ3n) is 3.85. The van der Waals surface area contributed by atoms with E-state index in [1.807, 2.05) is 12.1 Å². The molecule has 0 radical (unpaired) electrons. The van der Waals surface area contributed by atoms with Crippen molar-refractivity contribution < 1.29 is 9.94 Å². The number of ether oxygens (including phenoxy) is 1. The zero-order valence-corrected chi connectivity index (χ0v) is 12.3. The number of nitrogens with two attached hydrogens (primary N) is 1. The Balaban J connectivity index is 2.49. The second-order valence-corrected chi connectivity index (χ2v) is 5.31. The molecule has 2 rings (SSSR count). The molecule has 5 nitrogen and oxygen atoms in total. The largest absolute Gasteiger partial charge is 0.409 e. The minimum atomic E-state index is 0.151. The van der Waals surface area contributed by atoms with Crippen LogP contribution in [0.4, 0.5) is 5.69 Å². The van der Waals surface area contributed by atoms with Crippen molar-refractivity contribution in [2.45, 2.75) is 39.3 Å². The van der Waals surface area contributed by atoms with Crippen molar-refractivity contribution in [3.8, 4) is 0 Å². The fourth-order valence-corrected chi connectivity index (χ4v) is 2.76. The molecule has 0 amide bonds. The number of morpholine rings is 1. The monoisotopic (exact) mass is 277 g/mol. The molecule has 1 fully saturated rings. The van der Waals surface area contributed by atoms with Gasteiger partial charge in [-0.15, -0.1) is 0 Å². The van der Waals surface area contributed by atoms with E-state index in [-0.39, 0.29) is 11.9 Å². The van der Waals surface area contributed by atoms with Gasteiger partial charge in [0.25, 0.3) is 0 Å². The van der Waals surface area contributed by atoms with Crippen LogP contribution in [0.1, 0.15) is 31.4 Å². The van der Waals surface area contributed by atoms with Gasteiger partial charge in [0.15, 0.2) is 5.84 Å². The van der Waals surface area contributed by atoms with E-state index < -0.39 is 0 Å². The topological polar surface area (TPSA) is 71.1 Å². The normalized spacial score (nSPS) is 23.9. The highest BCUT2D eigenvalue weighted by Crippen LogP contribution is 2.30. The Bertz CT molecular complexity index is 502. The van der Waals surface area contributed by atoms with Crippen LogP contribution in [0, 0.1) is 6.92 Å². The van der Waals surface area contributed by atoms with Crippen molar-refractivity contribution in [2.75, 3.05) is 18.1 Å². The number of hydrogen-bond acceptors (Lipinski definition) is 4. The highest BCUT2D eigenvalue weighted by atomic mass is 16.5. The standard InChI is InChI=1S/C15H23N3O2/c1-4-12-9-20-11(3)8-18(12)14-10(2)6-5-7-13(14)15(16)17-19/h5-7,11-12,19H,4,8-9H2,1-3H3,(H2,16,17). The van der Waals surface area contributed by atoms with E-state index in [2.05, 4.69) is 36.9 Å². The van der Waals surface area contributed by atoms with Gasteiger partial charge >= 0.3 is 0 Å². The van der Waals surface area contributed by atoms with Crippen LogP contribution in [0.25, 0.3) is 0 Å². The molecule has 3 N–H and O–H groups in total. The quantitative estimate of drug-likeness (QED) is 0.384. The molecule has 0 spiro atoms. The molecule has 0 aliphatic carbocycles. The molecule has 20 heavy (non-hydrogen) atoms. The Morgan fingerprint density at radius 1 is 1.55 bits per heavy atom. The Kier molecular flexibility index (Phi) is 4.49. The molecule has 1 aromatic rings. The fraction of sp³-hybridized carbons (Fsp3) is 0.533. The van der Waals surface area contributed by atoms with Crippen molar-refractivity contribution >= 4 is 11.5 Å². The summed E-state index contributed by atoms with van der Waals surface area (Å²) < 4.78 is 5.75. The first-order chi connectivity index (χ1) is 9.58. The van der Waals surface area contributed by atoms with E-state index >= 15 is 0 Å². The third-order valence-corrected chi connectivity index (χ3v) is 3.85. The SMILES string of the molecule is CCC1COC(C)CN1c1c(C)cccc1/C(N)=N/O. The lowest BCUT2D eigenvalue weighted by molar-refractivity contribution is 0.0299. The zero-order valence-electron chi connectivity index (χ0n) is 12.3. The van der Waals surface area contributed by atoms with Crippen molar-refractivity contribution in [2.24, 2.45) is 10.9 Å². The first-order valence-corrected chi connectivity index (χ1v) is 7.04. The summed E-state index contributed by atoms with van der Waals surface area (Å²) in [5.41, 5.74) is 8.78. The van der Waals surface area contributed by atoms with E-state index in [0.29, 0.717) is 12.6 Å². The Morgan fingerprint density at radius 3 is 2.95 bits per heavy atom. The van der Waals surface area contributed by atoms with Gasteiger partial charge in [-0.05, 0) is 31.9 Å². The Hall–Kier alpha value is -1.75. The minimum absolute atomic E-state index is 0.151. The summed E-state index contributed by atoms with van der Waals surface area (Å²) in [4.78, 5) is 2.33. The van der Waals surface area contributed by atoms with Gasteiger partial charge in [0.1, 0.15) is 0 Å². The number of benzene rings is 1. The molecular weight excluding hydrogens is 254 g/mol. The predicted octanol–water partition coefficient (Wildman–Crippen LogP) is 2.09. The number of anilines is 1. The van der Waals surface area contributed by atoms with E-state index in [4.69, 9.17) is 15.7 Å². The molecule has 2 unspecified atom stereocenters. The summed E-state index contributed by atoms with van der Waals surface area (Å²) in [6.07, 6.45) is 1.17. The molecule has 0 saturated carbocycles. The van der Waals surface area contributed by atoms with Crippen LogP contribution in [-0.4, -0.2) is 36.3 Å². The molecule has 1 saturated heterocycles. The number of aryl methyl sites for hydroxylation is 1. The van der Waals surface area contributed by atoms with Crippen molar-refractivity contribution in [1.82, 2.24) is 0 Å². The molecule has 1 aliphatic rings. The maximum Gasteiger partial charge on any atom is 0.172 e. The summed E-state index contributed by atoms with van der Waals surface area (Å²) in [5.74, 6) is 0.151. The van der Waals surface area contributed by atoms with E-state index in [9.17, 15) is 0 Å². The summed E-state index contributed by atoms with van der Waals surface area (Å²) in [7, 11) is 0. The molecule has 0 aromatic heterocycles. The van der Waals surface area contributed by atoms with Crippen LogP contribution in [0.5, 0.6) is 0 Å². The van der Waals surface area contributed by atoms with Crippen LogP contribution >= 0.6 is 0 Å². The molecule has 2 atom stereocenters. The predicted molar refractivity (Wildman–Crippen MR) is 80.5 cm³/mol. The molecule has 110 valence electrons. The summed E-state index contributed by atoms with van der Waals surface area (Å²) in [6.45, 7) is 7.80. The first kappa shape index (κ1) is 14.7. The third kappa shape index (κ3) is 2.72. The van der Waals surface area contributed by atoms with Gasteiger partial charge in [0, 0.05) is 12.1 Å². The summed E-state index contributed by atoms with van der Waals surface area (Å²) >= 11 is 0. The molecule has 1 aliphatic heterocycles. The average molecular weight is 277 g/mol. The van der Waals surface area contributed by atoms with E-state index in [1.54, 1.807) is 0 Å². The number of hydrogen-bond donors (Lipinski definition) is 2. The van der Waals surface area contributed by atoms with Crippen molar-refractivity contribution in [1.29, 1.82) is 0 Å². The average Bonchev–Trinajstić information content (AvgIpc) is 2.46. The van der Waals surface area contributed by atoms with Crippen molar-refractivity contribution in [3.63, 3.8) is 0 Å². The number of rotatable bonds is 3. The Labute approximate surface area is 120 Å². The minimum Gasteiger partial charge on any atom is -0.409 e. The zero-order chi connectivity index (χ0) is 14.7. The molecule has 0 bridgehead atoms. The van der Waals surface area contributed by atoms with Gasteiger partial charge in [0.05, 0.1) is 24.4 Å². The number of para-hydroxylation sites is 1. The van der Waals surface area contributed by atoms with Gasteiger partial charge in [0.2, 0.25) is 0 Å². The van der Waals surface area contributed by atoms with E-state index in [0.717, 1.165) is 29.8 Å². The Morgan fingerprint density at radius 2 is 2.30 bits per heavy atom. The fourth-order valence-electron chi connectivity index (χ4n) is 2.76. The highest BCUT2D eigenvalue weighted by Gasteiger charge is 2.28. The van der Waals surface area contributed by atoms with Crippen molar-refractivity contribution in [3.05, 3.63) is 29.3 Å². The molecule has 1 aromatic carbocycles. The van der Waals surface area contributed by atoms with Gasteiger partial charge in [-0.1, -0.05) is 24.2 Å². The van der Waals surface area contributed by atoms with Crippen LogP contribution in [0.2, 0.25) is 0 Å². The van der Waals surface area contributed by atoms with Gasteiger partial charge < -0.3 is 20.6 Å². The second-order valence-electron chi connectivity index (χ2n) is 5.31. The molecule has 1 heterocycles. The maximum atomic E-state index is 9.00. The van der Waals surface area contributed by atoms with Gasteiger partial charge in [-0.25, -0.2) is 0 Å². The second kappa shape index (κ2) is 6.13. The lowest BCUT2D eigenvalue weighted by atomic mass is 10.0. The van der Waals surface area contributed by atoms with Crippen LogP contribution in [0.15, 0.2) is 23.4 Å². The summed E-state index contributed by atoms with van der Waals surface area (Å²) in [5, 5.41) is 12.2. The van der Waals surface area contributed by atoms with Gasteiger partial charge in [-0.3, -0.25) is 0 Å². The van der Waals surface area contributed by atoms with Crippen LogP contribution in [0.3, 0.4) is 0 Å².